The summed E-state index contributed by atoms with van der Waals surface area (Å²) in [6.07, 6.45) is 0. The maximum Gasteiger partial charge on any atom is 0.308 e. The summed E-state index contributed by atoms with van der Waals surface area (Å²) in [7, 11) is -3.68. The lowest BCUT2D eigenvalue weighted by molar-refractivity contribution is 0.385. The van der Waals surface area contributed by atoms with Gasteiger partial charge in [0.1, 0.15) is 0 Å². The second-order valence-electron chi connectivity index (χ2n) is 8.53. The minimum atomic E-state index is -3.68. The van der Waals surface area contributed by atoms with E-state index in [0.717, 1.165) is 33.7 Å². The number of aryl methyl sites for hydroxylation is 1. The van der Waals surface area contributed by atoms with E-state index in [-0.39, 0.29) is 9.77 Å². The van der Waals surface area contributed by atoms with Crippen LogP contribution in [0.3, 0.4) is 0 Å². The molecule has 0 bridgehead atoms. The second-order valence-corrected chi connectivity index (χ2v) is 12.3. The number of aromatic nitrogens is 1. The van der Waals surface area contributed by atoms with Gasteiger partial charge in [-0.25, -0.2) is 8.42 Å². The van der Waals surface area contributed by atoms with Gasteiger partial charge in [-0.3, -0.25) is 9.36 Å². The number of fused-ring (bicyclic) bond motifs is 1. The number of thiazole rings is 1. The molecule has 1 saturated heterocycles. The van der Waals surface area contributed by atoms with Crippen molar-refractivity contribution in [2.75, 3.05) is 31.1 Å². The molecular weight excluding hydrogens is 525 g/mol. The molecule has 35 heavy (non-hydrogen) atoms. The van der Waals surface area contributed by atoms with Crippen molar-refractivity contribution in [1.82, 2.24) is 8.87 Å². The van der Waals surface area contributed by atoms with Crippen molar-refractivity contribution in [2.24, 2.45) is 0 Å². The average molecular weight is 549 g/mol. The predicted molar refractivity (Wildman–Crippen MR) is 144 cm³/mol. The molecule has 182 valence electrons. The molecule has 5 rings (SSSR count). The fraction of sp³-hybridized carbons (Fsp3) is 0.240. The van der Waals surface area contributed by atoms with E-state index in [1.54, 1.807) is 34.9 Å². The lowest BCUT2D eigenvalue weighted by Gasteiger charge is -2.36. The van der Waals surface area contributed by atoms with E-state index in [1.165, 1.54) is 4.31 Å². The third kappa shape index (κ3) is 4.86. The van der Waals surface area contributed by atoms with Gasteiger partial charge in [0.05, 0.1) is 21.7 Å². The topological polar surface area (TPSA) is 62.6 Å². The summed E-state index contributed by atoms with van der Waals surface area (Å²) in [6.45, 7) is 4.32. The zero-order valence-electron chi connectivity index (χ0n) is 18.9. The normalized spacial score (nSPS) is 15.1. The maximum atomic E-state index is 13.4. The second kappa shape index (κ2) is 9.59. The van der Waals surface area contributed by atoms with Gasteiger partial charge < -0.3 is 4.90 Å². The van der Waals surface area contributed by atoms with Crippen molar-refractivity contribution in [3.63, 3.8) is 0 Å². The maximum absolute atomic E-state index is 13.4. The van der Waals surface area contributed by atoms with Crippen LogP contribution in [-0.4, -0.2) is 43.5 Å². The highest BCUT2D eigenvalue weighted by molar-refractivity contribution is 7.89. The molecule has 0 unspecified atom stereocenters. The van der Waals surface area contributed by atoms with Crippen molar-refractivity contribution in [3.05, 3.63) is 91.5 Å². The van der Waals surface area contributed by atoms with E-state index in [2.05, 4.69) is 4.90 Å². The van der Waals surface area contributed by atoms with Crippen LogP contribution in [0.2, 0.25) is 10.0 Å². The Labute approximate surface area is 218 Å². The third-order valence-corrected chi connectivity index (χ3v) is 9.61. The summed E-state index contributed by atoms with van der Waals surface area (Å²) < 4.78 is 30.6. The third-order valence-electron chi connectivity index (χ3n) is 6.28. The van der Waals surface area contributed by atoms with Gasteiger partial charge in [0.2, 0.25) is 10.0 Å². The SMILES string of the molecule is Cc1ccc(Cl)cc1N1CCN(S(=O)(=O)c2ccc3c(c2)sc(=O)n3Cc2ccc(Cl)cc2)CC1. The standard InChI is InChI=1S/C25H23Cl2N3O3S2/c1-17-2-5-20(27)14-23(17)28-10-12-29(13-11-28)35(32,33)21-8-9-22-24(15-21)34-25(31)30(22)16-18-3-6-19(26)7-4-18/h2-9,14-15H,10-13,16H2,1H3. The molecule has 0 saturated carbocycles. The number of halogens is 2. The van der Waals surface area contributed by atoms with Crippen LogP contribution < -0.4 is 9.77 Å². The zero-order chi connectivity index (χ0) is 24.7. The van der Waals surface area contributed by atoms with Gasteiger partial charge >= 0.3 is 4.87 Å². The first-order chi connectivity index (χ1) is 16.7. The number of anilines is 1. The minimum Gasteiger partial charge on any atom is -0.369 e. The Morgan fingerprint density at radius 3 is 2.29 bits per heavy atom. The molecule has 2 heterocycles. The van der Waals surface area contributed by atoms with Gasteiger partial charge in [-0.1, -0.05) is 52.7 Å². The highest BCUT2D eigenvalue weighted by atomic mass is 35.5. The summed E-state index contributed by atoms with van der Waals surface area (Å²) in [4.78, 5) is 14.9. The van der Waals surface area contributed by atoms with Crippen molar-refractivity contribution in [2.45, 2.75) is 18.4 Å². The molecule has 1 aromatic heterocycles. The van der Waals surface area contributed by atoms with Crippen molar-refractivity contribution < 1.29 is 8.42 Å². The first-order valence-electron chi connectivity index (χ1n) is 11.1. The molecule has 10 heteroatoms. The van der Waals surface area contributed by atoms with E-state index in [9.17, 15) is 13.2 Å². The largest absolute Gasteiger partial charge is 0.369 e. The number of piperazine rings is 1. The molecule has 1 aliphatic heterocycles. The number of hydrogen-bond acceptors (Lipinski definition) is 5. The number of rotatable bonds is 5. The van der Waals surface area contributed by atoms with Gasteiger partial charge in [0.15, 0.2) is 0 Å². The fourth-order valence-corrected chi connectivity index (χ4v) is 7.12. The Morgan fingerprint density at radius 1 is 0.886 bits per heavy atom. The van der Waals surface area contributed by atoms with Crippen LogP contribution in [0.1, 0.15) is 11.1 Å². The Balaban J connectivity index is 1.36. The first-order valence-corrected chi connectivity index (χ1v) is 14.1. The van der Waals surface area contributed by atoms with Gasteiger partial charge in [-0.15, -0.1) is 0 Å². The van der Waals surface area contributed by atoms with Gasteiger partial charge in [-0.2, -0.15) is 4.31 Å². The molecule has 1 fully saturated rings. The zero-order valence-corrected chi connectivity index (χ0v) is 22.1. The summed E-state index contributed by atoms with van der Waals surface area (Å²) in [6, 6.07) is 18.0. The monoisotopic (exact) mass is 547 g/mol. The van der Waals surface area contributed by atoms with E-state index in [4.69, 9.17) is 23.2 Å². The van der Waals surface area contributed by atoms with E-state index >= 15 is 0 Å². The minimum absolute atomic E-state index is 0.130. The Kier molecular flexibility index (Phi) is 6.67. The van der Waals surface area contributed by atoms with Gasteiger partial charge in [0.25, 0.3) is 0 Å². The smallest absolute Gasteiger partial charge is 0.308 e. The molecule has 4 aromatic rings. The van der Waals surface area contributed by atoms with Crippen LogP contribution in [0.5, 0.6) is 0 Å². The lowest BCUT2D eigenvalue weighted by atomic mass is 10.1. The lowest BCUT2D eigenvalue weighted by Crippen LogP contribution is -2.48. The molecule has 0 atom stereocenters. The molecule has 0 amide bonds. The molecule has 6 nitrogen and oxygen atoms in total. The van der Waals surface area contributed by atoms with Crippen LogP contribution >= 0.6 is 34.5 Å². The predicted octanol–water partition coefficient (Wildman–Crippen LogP) is 5.24. The Hall–Kier alpha value is -2.36. The fourth-order valence-electron chi connectivity index (χ4n) is 4.37. The quantitative estimate of drug-likeness (QED) is 0.343. The molecule has 0 radical (unpaired) electrons. The van der Waals surface area contributed by atoms with Crippen LogP contribution in [0.15, 0.2) is 70.4 Å². The summed E-state index contributed by atoms with van der Waals surface area (Å²) in [5.74, 6) is 0. The first kappa shape index (κ1) is 24.3. The Morgan fingerprint density at radius 2 is 1.57 bits per heavy atom. The van der Waals surface area contributed by atoms with Gasteiger partial charge in [-0.05, 0) is 60.5 Å². The highest BCUT2D eigenvalue weighted by Crippen LogP contribution is 2.28. The summed E-state index contributed by atoms with van der Waals surface area (Å²) >= 11 is 13.2. The number of nitrogens with zero attached hydrogens (tertiary/aromatic N) is 3. The summed E-state index contributed by atoms with van der Waals surface area (Å²) in [5.41, 5.74) is 3.80. The molecule has 0 aliphatic carbocycles. The van der Waals surface area contributed by atoms with Crippen molar-refractivity contribution in [1.29, 1.82) is 0 Å². The number of sulfonamides is 1. The van der Waals surface area contributed by atoms with E-state index in [0.29, 0.717) is 47.5 Å². The Bertz CT molecular complexity index is 1560. The molecule has 3 aromatic carbocycles. The van der Waals surface area contributed by atoms with Crippen LogP contribution in [0.4, 0.5) is 5.69 Å². The average Bonchev–Trinajstić information content (AvgIpc) is 3.16. The highest BCUT2D eigenvalue weighted by Gasteiger charge is 2.29. The van der Waals surface area contributed by atoms with E-state index in [1.807, 2.05) is 37.3 Å². The number of benzene rings is 3. The molecular formula is C25H23Cl2N3O3S2. The van der Waals surface area contributed by atoms with Crippen LogP contribution in [-0.2, 0) is 16.6 Å². The van der Waals surface area contributed by atoms with Gasteiger partial charge in [0, 0.05) is 41.9 Å². The van der Waals surface area contributed by atoms with Crippen molar-refractivity contribution in [3.8, 4) is 0 Å². The summed E-state index contributed by atoms with van der Waals surface area (Å²) in [5, 5.41) is 1.30. The molecule has 0 N–H and O–H groups in total. The van der Waals surface area contributed by atoms with Crippen LogP contribution in [0, 0.1) is 6.92 Å². The van der Waals surface area contributed by atoms with Crippen molar-refractivity contribution >= 4 is 60.5 Å². The van der Waals surface area contributed by atoms with E-state index < -0.39 is 10.0 Å². The molecule has 0 spiro atoms. The number of hydrogen-bond donors (Lipinski definition) is 0. The molecule has 1 aliphatic rings. The van der Waals surface area contributed by atoms with Crippen LogP contribution in [0.25, 0.3) is 10.2 Å².